The van der Waals surface area contributed by atoms with Gasteiger partial charge in [-0.25, -0.2) is 0 Å². The third kappa shape index (κ3) is 4.74. The molecule has 0 radical (unpaired) electrons. The molecule has 0 atom stereocenters. The van der Waals surface area contributed by atoms with Crippen LogP contribution in [-0.2, 0) is 0 Å². The maximum absolute atomic E-state index is 3.82. The van der Waals surface area contributed by atoms with Crippen molar-refractivity contribution >= 4 is 43.2 Å². The highest BCUT2D eigenvalue weighted by Crippen LogP contribution is 2.46. The molecule has 0 nitrogen and oxygen atoms in total. The van der Waals surface area contributed by atoms with Gasteiger partial charge in [0.1, 0.15) is 0 Å². The Morgan fingerprint density at radius 2 is 1.06 bits per heavy atom. The third-order valence-corrected chi connectivity index (χ3v) is 8.11. The van der Waals surface area contributed by atoms with Crippen molar-refractivity contribution in [3.05, 3.63) is 91.5 Å². The lowest BCUT2D eigenvalue weighted by atomic mass is 9.87. The average Bonchev–Trinajstić information content (AvgIpc) is 3.10. The Bertz CT molecular complexity index is 1110. The zero-order valence-electron chi connectivity index (χ0n) is 18.2. The molecule has 0 amide bonds. The van der Waals surface area contributed by atoms with Crippen LogP contribution in [0.25, 0.3) is 33.4 Å². The SMILES string of the molecule is CC(C)c1ccc(-c2cccc(-c3ccc(C(C)C)cc3)c2-c2cc(Br)sc2Br)cc1. The van der Waals surface area contributed by atoms with Gasteiger partial charge >= 0.3 is 0 Å². The Labute approximate surface area is 206 Å². The minimum absolute atomic E-state index is 0.529. The second-order valence-corrected chi connectivity index (χ2v) is 12.3. The van der Waals surface area contributed by atoms with Crippen molar-refractivity contribution in [1.82, 2.24) is 0 Å². The van der Waals surface area contributed by atoms with Crippen molar-refractivity contribution in [1.29, 1.82) is 0 Å². The summed E-state index contributed by atoms with van der Waals surface area (Å²) in [7, 11) is 0. The molecule has 158 valence electrons. The molecule has 0 bridgehead atoms. The Hall–Kier alpha value is -1.68. The molecule has 0 aliphatic carbocycles. The van der Waals surface area contributed by atoms with Crippen molar-refractivity contribution in [2.45, 2.75) is 39.5 Å². The first-order valence-corrected chi connectivity index (χ1v) is 13.0. The van der Waals surface area contributed by atoms with E-state index in [4.69, 9.17) is 0 Å². The van der Waals surface area contributed by atoms with E-state index in [0.29, 0.717) is 11.8 Å². The minimum Gasteiger partial charge on any atom is -0.121 e. The fraction of sp³-hybridized carbons (Fsp3) is 0.214. The predicted octanol–water partition coefficient (Wildman–Crippen LogP) is 10.5. The minimum atomic E-state index is 0.529. The van der Waals surface area contributed by atoms with Crippen LogP contribution in [0.1, 0.15) is 50.7 Å². The van der Waals surface area contributed by atoms with Crippen molar-refractivity contribution < 1.29 is 0 Å². The van der Waals surface area contributed by atoms with E-state index in [0.717, 1.165) is 7.57 Å². The summed E-state index contributed by atoms with van der Waals surface area (Å²) < 4.78 is 2.27. The highest BCUT2D eigenvalue weighted by atomic mass is 79.9. The van der Waals surface area contributed by atoms with Gasteiger partial charge in [0.2, 0.25) is 0 Å². The number of rotatable bonds is 5. The average molecular weight is 554 g/mol. The lowest BCUT2D eigenvalue weighted by Crippen LogP contribution is -1.92. The molecule has 3 aromatic carbocycles. The molecule has 1 heterocycles. The maximum Gasteiger partial charge on any atom is 0.0789 e. The highest BCUT2D eigenvalue weighted by Gasteiger charge is 2.18. The van der Waals surface area contributed by atoms with Gasteiger partial charge in [-0.2, -0.15) is 0 Å². The van der Waals surface area contributed by atoms with E-state index in [9.17, 15) is 0 Å². The van der Waals surface area contributed by atoms with E-state index < -0.39 is 0 Å². The molecule has 0 aliphatic heterocycles. The number of thiophene rings is 1. The van der Waals surface area contributed by atoms with Crippen molar-refractivity contribution in [3.8, 4) is 33.4 Å². The number of halogens is 2. The highest BCUT2D eigenvalue weighted by molar-refractivity contribution is 9.12. The Kier molecular flexibility index (Phi) is 6.86. The number of benzene rings is 3. The van der Waals surface area contributed by atoms with E-state index in [1.54, 1.807) is 11.3 Å². The van der Waals surface area contributed by atoms with E-state index >= 15 is 0 Å². The summed E-state index contributed by atoms with van der Waals surface area (Å²) in [6.45, 7) is 8.95. The van der Waals surface area contributed by atoms with Gasteiger partial charge in [-0.3, -0.25) is 0 Å². The van der Waals surface area contributed by atoms with Crippen LogP contribution in [0, 0.1) is 0 Å². The van der Waals surface area contributed by atoms with Crippen LogP contribution in [0.3, 0.4) is 0 Å². The molecule has 0 aliphatic rings. The molecular weight excluding hydrogens is 528 g/mol. The Morgan fingerprint density at radius 3 is 1.42 bits per heavy atom. The van der Waals surface area contributed by atoms with E-state index in [1.807, 2.05) is 0 Å². The summed E-state index contributed by atoms with van der Waals surface area (Å²) in [5.41, 5.74) is 10.2. The smallest absolute Gasteiger partial charge is 0.0789 e. The molecule has 31 heavy (non-hydrogen) atoms. The second kappa shape index (κ2) is 9.44. The molecule has 4 aromatic rings. The molecule has 3 heteroatoms. The summed E-state index contributed by atoms with van der Waals surface area (Å²) in [6.07, 6.45) is 0. The molecule has 0 unspecified atom stereocenters. The zero-order valence-corrected chi connectivity index (χ0v) is 22.2. The molecule has 4 rings (SSSR count). The second-order valence-electron chi connectivity index (χ2n) is 8.52. The van der Waals surface area contributed by atoms with Crippen LogP contribution in [0.2, 0.25) is 0 Å². The Morgan fingerprint density at radius 1 is 0.613 bits per heavy atom. The fourth-order valence-electron chi connectivity index (χ4n) is 3.93. The third-order valence-electron chi connectivity index (χ3n) is 5.77. The molecule has 0 fully saturated rings. The molecular formula is C28H26Br2S. The zero-order chi connectivity index (χ0) is 22.1. The first-order valence-electron chi connectivity index (χ1n) is 10.6. The van der Waals surface area contributed by atoms with Gasteiger partial charge in [0.05, 0.1) is 7.57 Å². The summed E-state index contributed by atoms with van der Waals surface area (Å²) >= 11 is 9.22. The van der Waals surface area contributed by atoms with Crippen LogP contribution in [-0.4, -0.2) is 0 Å². The topological polar surface area (TPSA) is 0 Å². The quantitative estimate of drug-likeness (QED) is 0.230. The van der Waals surface area contributed by atoms with Crippen molar-refractivity contribution in [3.63, 3.8) is 0 Å². The summed E-state index contributed by atoms with van der Waals surface area (Å²) in [4.78, 5) is 0. The molecule has 0 saturated heterocycles. The number of hydrogen-bond acceptors (Lipinski definition) is 1. The van der Waals surface area contributed by atoms with Crippen LogP contribution < -0.4 is 0 Å². The van der Waals surface area contributed by atoms with Crippen LogP contribution >= 0.6 is 43.2 Å². The largest absolute Gasteiger partial charge is 0.121 e. The van der Waals surface area contributed by atoms with Gasteiger partial charge < -0.3 is 0 Å². The van der Waals surface area contributed by atoms with Gasteiger partial charge in [0.25, 0.3) is 0 Å². The van der Waals surface area contributed by atoms with Gasteiger partial charge in [-0.15, -0.1) is 11.3 Å². The van der Waals surface area contributed by atoms with Crippen molar-refractivity contribution in [2.24, 2.45) is 0 Å². The summed E-state index contributed by atoms with van der Waals surface area (Å²) in [5.74, 6) is 1.06. The summed E-state index contributed by atoms with van der Waals surface area (Å²) in [5, 5.41) is 0. The molecule has 0 spiro atoms. The van der Waals surface area contributed by atoms with E-state index in [2.05, 4.69) is 132 Å². The predicted molar refractivity (Wildman–Crippen MR) is 144 cm³/mol. The summed E-state index contributed by atoms with van der Waals surface area (Å²) in [6, 6.07) is 26.9. The lowest BCUT2D eigenvalue weighted by Gasteiger charge is -2.17. The van der Waals surface area contributed by atoms with Gasteiger partial charge in [-0.05, 0) is 88.7 Å². The van der Waals surface area contributed by atoms with E-state index in [1.165, 1.54) is 44.5 Å². The van der Waals surface area contributed by atoms with Gasteiger partial charge in [-0.1, -0.05) is 94.4 Å². The van der Waals surface area contributed by atoms with Crippen LogP contribution in [0.15, 0.2) is 80.4 Å². The van der Waals surface area contributed by atoms with Gasteiger partial charge in [0, 0.05) is 5.56 Å². The van der Waals surface area contributed by atoms with Crippen LogP contribution in [0.4, 0.5) is 0 Å². The maximum atomic E-state index is 3.82. The van der Waals surface area contributed by atoms with E-state index in [-0.39, 0.29) is 0 Å². The lowest BCUT2D eigenvalue weighted by molar-refractivity contribution is 0.867. The van der Waals surface area contributed by atoms with Gasteiger partial charge in [0.15, 0.2) is 0 Å². The van der Waals surface area contributed by atoms with Crippen molar-refractivity contribution in [2.75, 3.05) is 0 Å². The first-order chi connectivity index (χ1) is 14.8. The monoisotopic (exact) mass is 552 g/mol. The normalized spacial score (nSPS) is 11.5. The first kappa shape index (κ1) is 22.5. The standard InChI is InChI=1S/C28H26Br2S/c1-17(2)19-8-12-21(13-9-19)23-6-5-7-24(22-14-10-20(11-15-22)18(3)4)27(23)25-16-26(29)31-28(25)30/h5-18H,1-4H3. The number of hydrogen-bond donors (Lipinski definition) is 0. The molecule has 0 saturated carbocycles. The van der Waals surface area contributed by atoms with Crippen LogP contribution in [0.5, 0.6) is 0 Å². The molecule has 1 aromatic heterocycles. The fourth-order valence-corrected chi connectivity index (χ4v) is 6.75. The Balaban J connectivity index is 1.93. The molecule has 0 N–H and O–H groups in total.